The van der Waals surface area contributed by atoms with Crippen molar-refractivity contribution < 1.29 is 8.42 Å². The molecule has 0 saturated carbocycles. The molecule has 0 N–H and O–H groups in total. The van der Waals surface area contributed by atoms with Crippen LogP contribution in [0.4, 0.5) is 0 Å². The van der Waals surface area contributed by atoms with Crippen LogP contribution in [0.2, 0.25) is 0 Å². The van der Waals surface area contributed by atoms with Gasteiger partial charge < -0.3 is 0 Å². The van der Waals surface area contributed by atoms with E-state index in [1.54, 1.807) is 35.4 Å². The highest BCUT2D eigenvalue weighted by atomic mass is 32.2. The van der Waals surface area contributed by atoms with Gasteiger partial charge in [-0.25, -0.2) is 18.2 Å². The van der Waals surface area contributed by atoms with Crippen LogP contribution in [0.3, 0.4) is 0 Å². The highest BCUT2D eigenvalue weighted by Gasteiger charge is 2.30. The summed E-state index contributed by atoms with van der Waals surface area (Å²) in [5.41, 5.74) is 1.24. The highest BCUT2D eigenvalue weighted by molar-refractivity contribution is 7.89. The van der Waals surface area contributed by atoms with Gasteiger partial charge >= 0.3 is 5.69 Å². The third-order valence-corrected chi connectivity index (χ3v) is 6.18. The minimum absolute atomic E-state index is 0.0857. The van der Waals surface area contributed by atoms with Gasteiger partial charge in [0.2, 0.25) is 10.0 Å². The maximum atomic E-state index is 12.5. The maximum Gasteiger partial charge on any atom is 0.330 e. The Hall–Kier alpha value is -1.67. The zero-order valence-corrected chi connectivity index (χ0v) is 13.6. The topological polar surface area (TPSA) is 77.2 Å². The zero-order chi connectivity index (χ0) is 15.9. The fourth-order valence-corrected chi connectivity index (χ4v) is 4.26. The summed E-state index contributed by atoms with van der Waals surface area (Å²) in [5, 5.41) is 0. The van der Waals surface area contributed by atoms with Gasteiger partial charge in [-0.1, -0.05) is 0 Å². The quantitative estimate of drug-likeness (QED) is 0.833. The lowest BCUT2D eigenvalue weighted by Gasteiger charge is -2.32. The molecule has 2 aromatic rings. The standard InChI is InChI=1S/C14H20N4O3S/c1-3-22(20,21)17-9-5-6-11(10-17)18-13-12(7-4-8-15-13)16(2)14(18)19/h4,7-8,11H,3,5-6,9-10H2,1-2H3/t11-/m0/s1. The fourth-order valence-electron chi connectivity index (χ4n) is 3.09. The molecule has 22 heavy (non-hydrogen) atoms. The summed E-state index contributed by atoms with van der Waals surface area (Å²) >= 11 is 0. The maximum absolute atomic E-state index is 12.5. The molecule has 1 aliphatic heterocycles. The van der Waals surface area contributed by atoms with Crippen LogP contribution in [0.5, 0.6) is 0 Å². The molecule has 1 atom stereocenters. The van der Waals surface area contributed by atoms with E-state index in [1.807, 2.05) is 6.07 Å². The first-order valence-corrected chi connectivity index (χ1v) is 9.06. The number of piperidine rings is 1. The first-order valence-electron chi connectivity index (χ1n) is 7.45. The van der Waals surface area contributed by atoms with Crippen molar-refractivity contribution in [3.8, 4) is 0 Å². The molecule has 2 aromatic heterocycles. The second kappa shape index (κ2) is 5.51. The number of nitrogens with zero attached hydrogens (tertiary/aromatic N) is 4. The summed E-state index contributed by atoms with van der Waals surface area (Å²) in [6.07, 6.45) is 3.19. The predicted octanol–water partition coefficient (Wildman–Crippen LogP) is 0.722. The predicted molar refractivity (Wildman–Crippen MR) is 84.3 cm³/mol. The molecular formula is C14H20N4O3S. The van der Waals surface area contributed by atoms with Crippen molar-refractivity contribution >= 4 is 21.2 Å². The summed E-state index contributed by atoms with van der Waals surface area (Å²) in [6.45, 7) is 2.51. The number of hydrogen-bond donors (Lipinski definition) is 0. The van der Waals surface area contributed by atoms with E-state index in [0.717, 1.165) is 18.4 Å². The average molecular weight is 324 g/mol. The number of fused-ring (bicyclic) bond motifs is 1. The van der Waals surface area contributed by atoms with E-state index < -0.39 is 10.0 Å². The molecule has 0 aliphatic carbocycles. The molecule has 1 fully saturated rings. The molecule has 3 rings (SSSR count). The van der Waals surface area contributed by atoms with Crippen LogP contribution in [0.25, 0.3) is 11.2 Å². The molecule has 0 spiro atoms. The van der Waals surface area contributed by atoms with Crippen molar-refractivity contribution in [2.45, 2.75) is 25.8 Å². The number of rotatable bonds is 3. The molecule has 3 heterocycles. The van der Waals surface area contributed by atoms with E-state index in [-0.39, 0.29) is 17.5 Å². The van der Waals surface area contributed by atoms with E-state index in [2.05, 4.69) is 4.98 Å². The Kier molecular flexibility index (Phi) is 3.82. The average Bonchev–Trinajstić information content (AvgIpc) is 2.79. The van der Waals surface area contributed by atoms with Crippen molar-refractivity contribution in [1.29, 1.82) is 0 Å². The molecule has 0 radical (unpaired) electrons. The van der Waals surface area contributed by atoms with Crippen molar-refractivity contribution in [2.24, 2.45) is 7.05 Å². The van der Waals surface area contributed by atoms with Gasteiger partial charge in [-0.2, -0.15) is 4.31 Å². The molecule has 1 aliphatic rings. The third kappa shape index (κ3) is 2.36. The van der Waals surface area contributed by atoms with Gasteiger partial charge in [0.1, 0.15) is 0 Å². The van der Waals surface area contributed by atoms with Crippen LogP contribution >= 0.6 is 0 Å². The molecule has 1 saturated heterocycles. The Morgan fingerprint density at radius 3 is 2.91 bits per heavy atom. The third-order valence-electron chi connectivity index (χ3n) is 4.33. The molecule has 0 bridgehead atoms. The minimum atomic E-state index is -3.23. The number of imidazole rings is 1. The zero-order valence-electron chi connectivity index (χ0n) is 12.8. The summed E-state index contributed by atoms with van der Waals surface area (Å²) in [6, 6.07) is 3.48. The molecule has 8 heteroatoms. The Morgan fingerprint density at radius 1 is 1.41 bits per heavy atom. The second-order valence-electron chi connectivity index (χ2n) is 5.61. The number of hydrogen-bond acceptors (Lipinski definition) is 4. The van der Waals surface area contributed by atoms with Gasteiger partial charge in [0, 0.05) is 26.3 Å². The number of pyridine rings is 1. The first-order chi connectivity index (χ1) is 10.5. The van der Waals surface area contributed by atoms with Gasteiger partial charge in [-0.15, -0.1) is 0 Å². The molecule has 0 amide bonds. The highest BCUT2D eigenvalue weighted by Crippen LogP contribution is 2.25. The van der Waals surface area contributed by atoms with Crippen molar-refractivity contribution in [2.75, 3.05) is 18.8 Å². The van der Waals surface area contributed by atoms with Crippen LogP contribution in [-0.2, 0) is 17.1 Å². The molecule has 0 aromatic carbocycles. The van der Waals surface area contributed by atoms with Crippen LogP contribution in [0.1, 0.15) is 25.8 Å². The molecule has 7 nitrogen and oxygen atoms in total. The monoisotopic (exact) mass is 324 g/mol. The number of sulfonamides is 1. The van der Waals surface area contributed by atoms with Crippen molar-refractivity contribution in [3.05, 3.63) is 28.8 Å². The van der Waals surface area contributed by atoms with Gasteiger partial charge in [-0.3, -0.25) is 9.13 Å². The molecule has 0 unspecified atom stereocenters. The van der Waals surface area contributed by atoms with Crippen LogP contribution < -0.4 is 5.69 Å². The van der Waals surface area contributed by atoms with Crippen LogP contribution in [-0.4, -0.2) is 45.7 Å². The normalized spacial score (nSPS) is 20.5. The second-order valence-corrected chi connectivity index (χ2v) is 7.87. The van der Waals surface area contributed by atoms with Crippen molar-refractivity contribution in [1.82, 2.24) is 18.4 Å². The Labute approximate surface area is 129 Å². The number of aryl methyl sites for hydroxylation is 1. The summed E-state index contributed by atoms with van der Waals surface area (Å²) in [5.74, 6) is 0.0857. The van der Waals surface area contributed by atoms with E-state index >= 15 is 0 Å². The summed E-state index contributed by atoms with van der Waals surface area (Å²) < 4.78 is 28.9. The van der Waals surface area contributed by atoms with Gasteiger partial charge in [0.15, 0.2) is 5.65 Å². The lowest BCUT2D eigenvalue weighted by Crippen LogP contribution is -2.43. The fraction of sp³-hybridized carbons (Fsp3) is 0.571. The smallest absolute Gasteiger partial charge is 0.293 e. The minimum Gasteiger partial charge on any atom is -0.293 e. The van der Waals surface area contributed by atoms with E-state index in [1.165, 1.54) is 4.31 Å². The first kappa shape index (κ1) is 15.2. The van der Waals surface area contributed by atoms with Crippen LogP contribution in [0.15, 0.2) is 23.1 Å². The number of aromatic nitrogens is 3. The Bertz CT molecular complexity index is 853. The Morgan fingerprint density at radius 2 is 2.18 bits per heavy atom. The Balaban J connectivity index is 2.05. The summed E-state index contributed by atoms with van der Waals surface area (Å²) in [7, 11) is -1.52. The lowest BCUT2D eigenvalue weighted by molar-refractivity contribution is 0.266. The van der Waals surface area contributed by atoms with E-state index in [9.17, 15) is 13.2 Å². The lowest BCUT2D eigenvalue weighted by atomic mass is 10.1. The van der Waals surface area contributed by atoms with Gasteiger partial charge in [0.05, 0.1) is 17.3 Å². The van der Waals surface area contributed by atoms with Crippen LogP contribution in [0, 0.1) is 0 Å². The SMILES string of the molecule is CCS(=O)(=O)N1CCC[C@H](n2c(=O)n(C)c3cccnc32)C1. The van der Waals surface area contributed by atoms with Gasteiger partial charge in [-0.05, 0) is 31.9 Å². The largest absolute Gasteiger partial charge is 0.330 e. The molecule has 120 valence electrons. The van der Waals surface area contributed by atoms with Gasteiger partial charge in [0.25, 0.3) is 0 Å². The van der Waals surface area contributed by atoms with E-state index in [4.69, 9.17) is 0 Å². The van der Waals surface area contributed by atoms with E-state index in [0.29, 0.717) is 18.7 Å². The van der Waals surface area contributed by atoms with Crippen molar-refractivity contribution in [3.63, 3.8) is 0 Å². The molecular weight excluding hydrogens is 304 g/mol. The summed E-state index contributed by atoms with van der Waals surface area (Å²) in [4.78, 5) is 16.9.